The van der Waals surface area contributed by atoms with Crippen LogP contribution in [0.3, 0.4) is 0 Å². The summed E-state index contributed by atoms with van der Waals surface area (Å²) < 4.78 is 11.4. The summed E-state index contributed by atoms with van der Waals surface area (Å²) in [5, 5.41) is 3.22. The van der Waals surface area contributed by atoms with Gasteiger partial charge in [-0.1, -0.05) is 20.8 Å². The zero-order chi connectivity index (χ0) is 13.8. The molecule has 0 aromatic rings. The molecule has 0 bridgehead atoms. The van der Waals surface area contributed by atoms with E-state index in [1.807, 2.05) is 0 Å². The maximum Gasteiger partial charge on any atom is 0.325 e. The zero-order valence-electron chi connectivity index (χ0n) is 12.3. The van der Waals surface area contributed by atoms with Crippen LogP contribution >= 0.6 is 0 Å². The van der Waals surface area contributed by atoms with Gasteiger partial charge in [0, 0.05) is 0 Å². The first-order chi connectivity index (χ1) is 8.47. The number of hydrogen-bond donors (Lipinski definition) is 1. The molecule has 2 atom stereocenters. The van der Waals surface area contributed by atoms with Crippen LogP contribution < -0.4 is 5.32 Å². The van der Waals surface area contributed by atoms with E-state index >= 15 is 0 Å². The summed E-state index contributed by atoms with van der Waals surface area (Å²) >= 11 is 0. The van der Waals surface area contributed by atoms with Crippen molar-refractivity contribution in [2.24, 2.45) is 0 Å². The van der Waals surface area contributed by atoms with E-state index in [2.05, 4.69) is 33.0 Å². The fraction of sp³-hybridized carbons (Fsp3) is 0.923. The van der Waals surface area contributed by atoms with E-state index < -0.39 is 13.9 Å². The van der Waals surface area contributed by atoms with Gasteiger partial charge in [-0.3, -0.25) is 4.79 Å². The Morgan fingerprint density at radius 1 is 1.33 bits per heavy atom. The van der Waals surface area contributed by atoms with E-state index in [9.17, 15) is 4.79 Å². The highest BCUT2D eigenvalue weighted by Gasteiger charge is 2.49. The van der Waals surface area contributed by atoms with E-state index in [1.165, 1.54) is 7.11 Å². The highest BCUT2D eigenvalue weighted by molar-refractivity contribution is 6.73. The SMILES string of the molecule is CC[Si](CC)(CC)O[C@]1(C)CCN[C@@H]1C(=O)OC. The Morgan fingerprint density at radius 3 is 2.33 bits per heavy atom. The topological polar surface area (TPSA) is 47.6 Å². The molecule has 1 fully saturated rings. The number of nitrogens with one attached hydrogen (secondary N) is 1. The molecule has 1 heterocycles. The van der Waals surface area contributed by atoms with Crippen LogP contribution in [0.2, 0.25) is 18.1 Å². The molecule has 1 aliphatic rings. The van der Waals surface area contributed by atoms with Crippen molar-refractivity contribution < 1.29 is 14.0 Å². The number of methoxy groups -OCH3 is 1. The number of esters is 1. The third-order valence-corrected chi connectivity index (χ3v) is 9.17. The highest BCUT2D eigenvalue weighted by Crippen LogP contribution is 2.34. The van der Waals surface area contributed by atoms with Gasteiger partial charge in [-0.2, -0.15) is 0 Å². The van der Waals surface area contributed by atoms with Gasteiger partial charge in [-0.15, -0.1) is 0 Å². The Hall–Kier alpha value is -0.393. The Balaban J connectivity index is 2.88. The molecule has 0 aromatic carbocycles. The summed E-state index contributed by atoms with van der Waals surface area (Å²) in [7, 11) is -0.266. The van der Waals surface area contributed by atoms with Crippen molar-refractivity contribution in [2.45, 2.75) is 63.9 Å². The van der Waals surface area contributed by atoms with Crippen LogP contribution in [-0.2, 0) is 14.0 Å². The fourth-order valence-corrected chi connectivity index (χ4v) is 5.99. The highest BCUT2D eigenvalue weighted by atomic mass is 28.4. The Bertz CT molecular complexity index is 286. The molecule has 4 nitrogen and oxygen atoms in total. The van der Waals surface area contributed by atoms with Gasteiger partial charge in [0.05, 0.1) is 12.7 Å². The predicted octanol–water partition coefficient (Wildman–Crippen LogP) is 2.30. The van der Waals surface area contributed by atoms with Gasteiger partial charge < -0.3 is 14.5 Å². The van der Waals surface area contributed by atoms with Gasteiger partial charge in [0.2, 0.25) is 0 Å². The lowest BCUT2D eigenvalue weighted by Crippen LogP contribution is -2.54. The molecular weight excluding hydrogens is 246 g/mol. The van der Waals surface area contributed by atoms with Crippen LogP contribution in [0, 0.1) is 0 Å². The minimum Gasteiger partial charge on any atom is -0.468 e. The van der Waals surface area contributed by atoms with Crippen molar-refractivity contribution in [1.82, 2.24) is 5.32 Å². The van der Waals surface area contributed by atoms with Gasteiger partial charge in [-0.25, -0.2) is 0 Å². The van der Waals surface area contributed by atoms with Crippen LogP contribution in [0.15, 0.2) is 0 Å². The third kappa shape index (κ3) is 2.95. The Kier molecular flexibility index (Phi) is 5.37. The molecule has 5 heteroatoms. The molecule has 1 saturated heterocycles. The van der Waals surface area contributed by atoms with Crippen molar-refractivity contribution in [1.29, 1.82) is 0 Å². The minimum absolute atomic E-state index is 0.207. The first-order valence-corrected chi connectivity index (χ1v) is 9.51. The molecule has 0 unspecified atom stereocenters. The van der Waals surface area contributed by atoms with Crippen LogP contribution in [0.25, 0.3) is 0 Å². The molecule has 0 radical (unpaired) electrons. The summed E-state index contributed by atoms with van der Waals surface area (Å²) in [4.78, 5) is 11.8. The van der Waals surface area contributed by atoms with E-state index in [-0.39, 0.29) is 12.0 Å². The second kappa shape index (κ2) is 6.17. The smallest absolute Gasteiger partial charge is 0.325 e. The molecule has 0 spiro atoms. The summed E-state index contributed by atoms with van der Waals surface area (Å²) in [5.41, 5.74) is -0.401. The second-order valence-electron chi connectivity index (χ2n) is 5.32. The lowest BCUT2D eigenvalue weighted by molar-refractivity contribution is -0.147. The lowest BCUT2D eigenvalue weighted by atomic mass is 9.98. The molecule has 1 N–H and O–H groups in total. The average molecular weight is 273 g/mol. The first-order valence-electron chi connectivity index (χ1n) is 6.98. The minimum atomic E-state index is -1.70. The van der Waals surface area contributed by atoms with Gasteiger partial charge in [0.1, 0.15) is 6.04 Å². The van der Waals surface area contributed by atoms with Crippen LogP contribution in [0.5, 0.6) is 0 Å². The summed E-state index contributed by atoms with van der Waals surface area (Å²) in [6.45, 7) is 9.49. The largest absolute Gasteiger partial charge is 0.468 e. The molecule has 1 rings (SSSR count). The number of rotatable bonds is 6. The maximum absolute atomic E-state index is 11.8. The van der Waals surface area contributed by atoms with Gasteiger partial charge in [0.25, 0.3) is 0 Å². The summed E-state index contributed by atoms with van der Waals surface area (Å²) in [6.07, 6.45) is 0.877. The van der Waals surface area contributed by atoms with Crippen molar-refractivity contribution in [3.8, 4) is 0 Å². The number of hydrogen-bond acceptors (Lipinski definition) is 4. The number of ether oxygens (including phenoxy) is 1. The van der Waals surface area contributed by atoms with E-state index in [4.69, 9.17) is 9.16 Å². The second-order valence-corrected chi connectivity index (χ2v) is 10.0. The quantitative estimate of drug-likeness (QED) is 0.596. The van der Waals surface area contributed by atoms with E-state index in [0.29, 0.717) is 0 Å². The summed E-state index contributed by atoms with van der Waals surface area (Å²) in [5.74, 6) is -0.207. The monoisotopic (exact) mass is 273 g/mol. The predicted molar refractivity (Wildman–Crippen MR) is 75.1 cm³/mol. The van der Waals surface area contributed by atoms with Crippen LogP contribution in [0.1, 0.15) is 34.1 Å². The normalized spacial score (nSPS) is 28.4. The van der Waals surface area contributed by atoms with Crippen LogP contribution in [0.4, 0.5) is 0 Å². The first kappa shape index (κ1) is 15.7. The third-order valence-electron chi connectivity index (χ3n) is 4.40. The molecule has 0 aromatic heterocycles. The fourth-order valence-electron chi connectivity index (χ4n) is 2.85. The Labute approximate surface area is 112 Å². The summed E-state index contributed by atoms with van der Waals surface area (Å²) in [6, 6.07) is 2.98. The van der Waals surface area contributed by atoms with Crippen molar-refractivity contribution in [2.75, 3.05) is 13.7 Å². The standard InChI is InChI=1S/C13H27NO3Si/c1-6-18(7-2,8-3)17-13(4)9-10-14-11(13)12(15)16-5/h11,14H,6-10H2,1-5H3/t11-,13-/m1/s1. The number of carbonyl (C=O) groups is 1. The van der Waals surface area contributed by atoms with Gasteiger partial charge >= 0.3 is 5.97 Å². The van der Waals surface area contributed by atoms with Crippen LogP contribution in [-0.4, -0.2) is 39.6 Å². The average Bonchev–Trinajstić information content (AvgIpc) is 2.77. The Morgan fingerprint density at radius 2 is 1.89 bits per heavy atom. The van der Waals surface area contributed by atoms with Crippen molar-refractivity contribution >= 4 is 14.3 Å². The molecule has 18 heavy (non-hydrogen) atoms. The van der Waals surface area contributed by atoms with Gasteiger partial charge in [0.15, 0.2) is 8.32 Å². The van der Waals surface area contributed by atoms with Crippen molar-refractivity contribution in [3.05, 3.63) is 0 Å². The molecule has 0 saturated carbocycles. The number of carbonyl (C=O) groups excluding carboxylic acids is 1. The van der Waals surface area contributed by atoms with E-state index in [0.717, 1.165) is 31.1 Å². The molecular formula is C13H27NO3Si. The maximum atomic E-state index is 11.8. The molecule has 0 aliphatic carbocycles. The van der Waals surface area contributed by atoms with Gasteiger partial charge in [-0.05, 0) is 38.0 Å². The van der Waals surface area contributed by atoms with Crippen molar-refractivity contribution in [3.63, 3.8) is 0 Å². The van der Waals surface area contributed by atoms with E-state index in [1.54, 1.807) is 0 Å². The molecule has 1 aliphatic heterocycles. The molecule has 0 amide bonds. The lowest BCUT2D eigenvalue weighted by Gasteiger charge is -2.40. The molecule has 106 valence electrons. The zero-order valence-corrected chi connectivity index (χ0v) is 13.3.